The molecule has 2 amide bonds. The van der Waals surface area contributed by atoms with Crippen LogP contribution < -0.4 is 10.6 Å². The van der Waals surface area contributed by atoms with Gasteiger partial charge < -0.3 is 10.6 Å². The lowest BCUT2D eigenvalue weighted by atomic mass is 10.3. The van der Waals surface area contributed by atoms with Gasteiger partial charge in [0.1, 0.15) is 0 Å². The van der Waals surface area contributed by atoms with Gasteiger partial charge in [-0.1, -0.05) is 0 Å². The van der Waals surface area contributed by atoms with Gasteiger partial charge in [0.25, 0.3) is 0 Å². The average molecular weight is 339 g/mol. The third kappa shape index (κ3) is 4.77. The van der Waals surface area contributed by atoms with Gasteiger partial charge in [0.05, 0.1) is 4.90 Å². The first-order chi connectivity index (χ1) is 10.9. The third-order valence-corrected chi connectivity index (χ3v) is 5.48. The highest BCUT2D eigenvalue weighted by atomic mass is 32.2. The van der Waals surface area contributed by atoms with Crippen molar-refractivity contribution >= 4 is 27.5 Å². The lowest BCUT2D eigenvalue weighted by molar-refractivity contribution is -0.119. The molecule has 2 rings (SSSR count). The molecule has 0 aliphatic carbocycles. The Balaban J connectivity index is 1.94. The van der Waals surface area contributed by atoms with Crippen molar-refractivity contribution in [1.29, 1.82) is 0 Å². The summed E-state index contributed by atoms with van der Waals surface area (Å²) >= 11 is 0. The number of amides is 2. The molecule has 1 heterocycles. The van der Waals surface area contributed by atoms with E-state index < -0.39 is 10.0 Å². The molecule has 0 aromatic heterocycles. The SMILES string of the molecule is CC(=O)NCCC(=O)Nc1ccc(S(=O)(=O)N2CCCC2)cc1. The highest BCUT2D eigenvalue weighted by molar-refractivity contribution is 7.89. The van der Waals surface area contributed by atoms with E-state index >= 15 is 0 Å². The summed E-state index contributed by atoms with van der Waals surface area (Å²) in [4.78, 5) is 22.6. The molecule has 0 unspecified atom stereocenters. The lowest BCUT2D eigenvalue weighted by Gasteiger charge is -2.15. The van der Waals surface area contributed by atoms with E-state index in [2.05, 4.69) is 10.6 Å². The summed E-state index contributed by atoms with van der Waals surface area (Å²) in [6, 6.07) is 6.13. The van der Waals surface area contributed by atoms with E-state index in [9.17, 15) is 18.0 Å². The number of sulfonamides is 1. The second-order valence-electron chi connectivity index (χ2n) is 5.42. The van der Waals surface area contributed by atoms with Crippen LogP contribution in [0.15, 0.2) is 29.2 Å². The molecular weight excluding hydrogens is 318 g/mol. The van der Waals surface area contributed by atoms with E-state index in [4.69, 9.17) is 0 Å². The van der Waals surface area contributed by atoms with Gasteiger partial charge in [-0.25, -0.2) is 8.42 Å². The van der Waals surface area contributed by atoms with Crippen LogP contribution in [0.5, 0.6) is 0 Å². The molecule has 8 heteroatoms. The molecule has 2 N–H and O–H groups in total. The zero-order valence-electron chi connectivity index (χ0n) is 13.0. The van der Waals surface area contributed by atoms with Gasteiger partial charge in [0.15, 0.2) is 0 Å². The fraction of sp³-hybridized carbons (Fsp3) is 0.467. The van der Waals surface area contributed by atoms with Crippen LogP contribution in [0.1, 0.15) is 26.2 Å². The Morgan fingerprint density at radius 1 is 1.13 bits per heavy atom. The summed E-state index contributed by atoms with van der Waals surface area (Å²) in [7, 11) is -3.43. The molecule has 1 aromatic rings. The van der Waals surface area contributed by atoms with E-state index in [0.29, 0.717) is 18.8 Å². The minimum atomic E-state index is -3.43. The number of carbonyl (C=O) groups excluding carboxylic acids is 2. The average Bonchev–Trinajstić information content (AvgIpc) is 3.02. The lowest BCUT2D eigenvalue weighted by Crippen LogP contribution is -2.27. The molecule has 0 saturated carbocycles. The molecule has 1 aliphatic heterocycles. The molecule has 1 aliphatic rings. The first kappa shape index (κ1) is 17.4. The summed E-state index contributed by atoms with van der Waals surface area (Å²) in [6.45, 7) is 2.77. The topological polar surface area (TPSA) is 95.6 Å². The van der Waals surface area contributed by atoms with Crippen LogP contribution in [0.4, 0.5) is 5.69 Å². The zero-order valence-corrected chi connectivity index (χ0v) is 13.9. The standard InChI is InChI=1S/C15H21N3O4S/c1-12(19)16-9-8-15(20)17-13-4-6-14(7-5-13)23(21,22)18-10-2-3-11-18/h4-7H,2-3,8-11H2,1H3,(H,16,19)(H,17,20). The number of nitrogens with one attached hydrogen (secondary N) is 2. The maximum absolute atomic E-state index is 12.4. The number of nitrogens with zero attached hydrogens (tertiary/aromatic N) is 1. The highest BCUT2D eigenvalue weighted by Crippen LogP contribution is 2.22. The number of benzene rings is 1. The Bertz CT molecular complexity index is 664. The van der Waals surface area contributed by atoms with Crippen LogP contribution in [0.2, 0.25) is 0 Å². The summed E-state index contributed by atoms with van der Waals surface area (Å²) in [5.74, 6) is -0.428. The number of rotatable bonds is 6. The molecule has 7 nitrogen and oxygen atoms in total. The van der Waals surface area contributed by atoms with Gasteiger partial charge in [-0.2, -0.15) is 4.31 Å². The third-order valence-electron chi connectivity index (χ3n) is 3.57. The van der Waals surface area contributed by atoms with Crippen LogP contribution in [0.25, 0.3) is 0 Å². The van der Waals surface area contributed by atoms with Gasteiger partial charge >= 0.3 is 0 Å². The van der Waals surface area contributed by atoms with Crippen molar-refractivity contribution in [3.63, 3.8) is 0 Å². The smallest absolute Gasteiger partial charge is 0.243 e. The van der Waals surface area contributed by atoms with Crippen LogP contribution in [-0.4, -0.2) is 44.2 Å². The first-order valence-electron chi connectivity index (χ1n) is 7.54. The fourth-order valence-electron chi connectivity index (χ4n) is 2.36. The van der Waals surface area contributed by atoms with Gasteiger partial charge in [0.2, 0.25) is 21.8 Å². The Hall–Kier alpha value is -1.93. The van der Waals surface area contributed by atoms with E-state index in [-0.39, 0.29) is 29.7 Å². The van der Waals surface area contributed by atoms with Crippen molar-refractivity contribution in [2.45, 2.75) is 31.1 Å². The molecule has 1 fully saturated rings. The normalized spacial score (nSPS) is 15.3. The summed E-state index contributed by atoms with van der Waals surface area (Å²) < 4.78 is 26.2. The number of anilines is 1. The van der Waals surface area contributed by atoms with E-state index in [1.165, 1.54) is 23.4 Å². The molecule has 0 spiro atoms. The maximum atomic E-state index is 12.4. The molecule has 126 valence electrons. The summed E-state index contributed by atoms with van der Waals surface area (Å²) in [5.41, 5.74) is 0.526. The Morgan fingerprint density at radius 3 is 2.30 bits per heavy atom. The first-order valence-corrected chi connectivity index (χ1v) is 8.98. The Labute approximate surface area is 136 Å². The second-order valence-corrected chi connectivity index (χ2v) is 7.35. The van der Waals surface area contributed by atoms with Gasteiger partial charge in [-0.3, -0.25) is 9.59 Å². The van der Waals surface area contributed by atoms with Crippen LogP contribution in [0.3, 0.4) is 0 Å². The Kier molecular flexibility index (Phi) is 5.73. The predicted molar refractivity (Wildman–Crippen MR) is 86.4 cm³/mol. The summed E-state index contributed by atoms with van der Waals surface area (Å²) in [5, 5.41) is 5.20. The van der Waals surface area contributed by atoms with Crippen LogP contribution in [0, 0.1) is 0 Å². The second kappa shape index (κ2) is 7.56. The van der Waals surface area contributed by atoms with Crippen molar-refractivity contribution in [2.75, 3.05) is 25.0 Å². The van der Waals surface area contributed by atoms with Crippen molar-refractivity contribution < 1.29 is 18.0 Å². The number of hydrogen-bond acceptors (Lipinski definition) is 4. The fourth-order valence-corrected chi connectivity index (χ4v) is 3.88. The highest BCUT2D eigenvalue weighted by Gasteiger charge is 2.26. The van der Waals surface area contributed by atoms with Gasteiger partial charge in [-0.05, 0) is 37.1 Å². The molecule has 0 bridgehead atoms. The molecule has 0 radical (unpaired) electrons. The zero-order chi connectivity index (χ0) is 16.9. The molecular formula is C15H21N3O4S. The largest absolute Gasteiger partial charge is 0.356 e. The molecule has 1 aromatic carbocycles. The maximum Gasteiger partial charge on any atom is 0.243 e. The number of carbonyl (C=O) groups is 2. The number of hydrogen-bond donors (Lipinski definition) is 2. The van der Waals surface area contributed by atoms with Crippen molar-refractivity contribution in [3.05, 3.63) is 24.3 Å². The van der Waals surface area contributed by atoms with E-state index in [1.54, 1.807) is 12.1 Å². The van der Waals surface area contributed by atoms with Crippen LogP contribution in [-0.2, 0) is 19.6 Å². The minimum Gasteiger partial charge on any atom is -0.356 e. The molecule has 23 heavy (non-hydrogen) atoms. The van der Waals surface area contributed by atoms with Crippen molar-refractivity contribution in [2.24, 2.45) is 0 Å². The molecule has 0 atom stereocenters. The predicted octanol–water partition coefficient (Wildman–Crippen LogP) is 0.936. The minimum absolute atomic E-state index is 0.160. The molecule has 1 saturated heterocycles. The van der Waals surface area contributed by atoms with Crippen molar-refractivity contribution in [3.8, 4) is 0 Å². The van der Waals surface area contributed by atoms with Gasteiger partial charge in [0, 0.05) is 38.7 Å². The Morgan fingerprint density at radius 2 is 1.74 bits per heavy atom. The van der Waals surface area contributed by atoms with E-state index in [1.807, 2.05) is 0 Å². The quantitative estimate of drug-likeness (QED) is 0.806. The summed E-state index contributed by atoms with van der Waals surface area (Å²) in [6.07, 6.45) is 1.94. The monoisotopic (exact) mass is 339 g/mol. The van der Waals surface area contributed by atoms with E-state index in [0.717, 1.165) is 12.8 Å². The van der Waals surface area contributed by atoms with Crippen LogP contribution >= 0.6 is 0 Å². The van der Waals surface area contributed by atoms with Gasteiger partial charge in [-0.15, -0.1) is 0 Å². The van der Waals surface area contributed by atoms with Crippen molar-refractivity contribution in [1.82, 2.24) is 9.62 Å².